The summed E-state index contributed by atoms with van der Waals surface area (Å²) in [6.45, 7) is 5.21. The zero-order valence-corrected chi connectivity index (χ0v) is 13.2. The highest BCUT2D eigenvalue weighted by atomic mass is 35.5. The number of amides is 2. The average molecular weight is 313 g/mol. The van der Waals surface area contributed by atoms with E-state index in [4.69, 9.17) is 11.6 Å². The molecule has 0 saturated heterocycles. The van der Waals surface area contributed by atoms with Crippen molar-refractivity contribution in [3.05, 3.63) is 34.9 Å². The number of nitrogens with one attached hydrogen (secondary N) is 2. The lowest BCUT2D eigenvalue weighted by molar-refractivity contribution is -0.131. The largest absolute Gasteiger partial charge is 0.387 e. The summed E-state index contributed by atoms with van der Waals surface area (Å²) in [6.07, 6.45) is -0.888. The maximum atomic E-state index is 11.6. The van der Waals surface area contributed by atoms with Gasteiger partial charge in [0, 0.05) is 22.5 Å². The number of hydrogen-bond donors (Lipinski definition) is 3. The Hall–Kier alpha value is -1.59. The highest BCUT2D eigenvalue weighted by Crippen LogP contribution is 2.21. The first-order valence-electron chi connectivity index (χ1n) is 6.69. The summed E-state index contributed by atoms with van der Waals surface area (Å²) in [5, 5.41) is 15.5. The smallest absolute Gasteiger partial charge is 0.239 e. The Labute approximate surface area is 129 Å². The summed E-state index contributed by atoms with van der Waals surface area (Å²) in [6, 6.07) is 6.89. The highest BCUT2D eigenvalue weighted by molar-refractivity contribution is 6.31. The van der Waals surface area contributed by atoms with Crippen molar-refractivity contribution in [1.29, 1.82) is 0 Å². The summed E-state index contributed by atoms with van der Waals surface area (Å²) < 4.78 is 0. The molecule has 1 aromatic carbocycles. The number of rotatable bonds is 5. The minimum atomic E-state index is -0.888. The third kappa shape index (κ3) is 5.73. The van der Waals surface area contributed by atoms with E-state index in [0.29, 0.717) is 10.6 Å². The topological polar surface area (TPSA) is 78.4 Å². The summed E-state index contributed by atoms with van der Waals surface area (Å²) in [7, 11) is 0. The monoisotopic (exact) mass is 312 g/mol. The van der Waals surface area contributed by atoms with Crippen molar-refractivity contribution in [1.82, 2.24) is 10.6 Å². The Kier molecular flexibility index (Phi) is 6.18. The molecule has 6 heteroatoms. The minimum absolute atomic E-state index is 0.0357. The molecule has 0 fully saturated rings. The van der Waals surface area contributed by atoms with Gasteiger partial charge in [-0.05, 0) is 6.07 Å². The molecule has 0 spiro atoms. The Morgan fingerprint density at radius 2 is 1.86 bits per heavy atom. The Morgan fingerprint density at radius 3 is 2.43 bits per heavy atom. The second-order valence-electron chi connectivity index (χ2n) is 5.77. The van der Waals surface area contributed by atoms with Crippen molar-refractivity contribution in [2.75, 3.05) is 13.1 Å². The molecule has 0 aliphatic carbocycles. The van der Waals surface area contributed by atoms with Gasteiger partial charge in [-0.2, -0.15) is 0 Å². The normalized spacial score (nSPS) is 12.6. The first-order valence-corrected chi connectivity index (χ1v) is 7.07. The molecule has 0 bridgehead atoms. The fourth-order valence-electron chi connectivity index (χ4n) is 1.55. The standard InChI is InChI=1S/C15H21ClN2O3/c1-15(2,3)14(21)18-9-13(20)17-8-12(19)10-6-4-5-7-11(10)16/h4-7,12,19H,8-9H2,1-3H3,(H,17,20)(H,18,21). The molecule has 0 aromatic heterocycles. The Bertz CT molecular complexity index is 512. The van der Waals surface area contributed by atoms with Gasteiger partial charge in [0.05, 0.1) is 12.6 Å². The van der Waals surface area contributed by atoms with Gasteiger partial charge in [-0.1, -0.05) is 50.6 Å². The first kappa shape index (κ1) is 17.5. The molecule has 0 heterocycles. The number of benzene rings is 1. The van der Waals surface area contributed by atoms with E-state index in [2.05, 4.69) is 10.6 Å². The SMILES string of the molecule is CC(C)(C)C(=O)NCC(=O)NCC(O)c1ccccc1Cl. The van der Waals surface area contributed by atoms with Gasteiger partial charge in [0.2, 0.25) is 11.8 Å². The number of carbonyl (C=O) groups is 2. The fraction of sp³-hybridized carbons (Fsp3) is 0.467. The van der Waals surface area contributed by atoms with Crippen molar-refractivity contribution in [3.8, 4) is 0 Å². The van der Waals surface area contributed by atoms with Crippen LogP contribution in [0.5, 0.6) is 0 Å². The zero-order chi connectivity index (χ0) is 16.0. The van der Waals surface area contributed by atoms with Crippen molar-refractivity contribution < 1.29 is 14.7 Å². The van der Waals surface area contributed by atoms with E-state index in [-0.39, 0.29) is 24.9 Å². The number of hydrogen-bond acceptors (Lipinski definition) is 3. The molecule has 0 saturated carbocycles. The lowest BCUT2D eigenvalue weighted by Crippen LogP contribution is -2.42. The maximum Gasteiger partial charge on any atom is 0.239 e. The second kappa shape index (κ2) is 7.43. The minimum Gasteiger partial charge on any atom is -0.387 e. The number of halogens is 1. The van der Waals surface area contributed by atoms with Gasteiger partial charge in [-0.3, -0.25) is 9.59 Å². The van der Waals surface area contributed by atoms with E-state index < -0.39 is 11.5 Å². The molecule has 116 valence electrons. The van der Waals surface area contributed by atoms with Gasteiger partial charge >= 0.3 is 0 Å². The van der Waals surface area contributed by atoms with E-state index >= 15 is 0 Å². The maximum absolute atomic E-state index is 11.6. The van der Waals surface area contributed by atoms with Crippen LogP contribution in [0, 0.1) is 5.41 Å². The van der Waals surface area contributed by atoms with Gasteiger partial charge in [0.1, 0.15) is 0 Å². The highest BCUT2D eigenvalue weighted by Gasteiger charge is 2.21. The lowest BCUT2D eigenvalue weighted by Gasteiger charge is -2.18. The summed E-state index contributed by atoms with van der Waals surface area (Å²) in [4.78, 5) is 23.2. The fourth-order valence-corrected chi connectivity index (χ4v) is 1.82. The molecule has 2 amide bonds. The summed E-state index contributed by atoms with van der Waals surface area (Å²) >= 11 is 5.96. The van der Waals surface area contributed by atoms with Crippen LogP contribution in [0.25, 0.3) is 0 Å². The van der Waals surface area contributed by atoms with Crippen molar-refractivity contribution in [2.24, 2.45) is 5.41 Å². The van der Waals surface area contributed by atoms with Crippen molar-refractivity contribution in [2.45, 2.75) is 26.9 Å². The summed E-state index contributed by atoms with van der Waals surface area (Å²) in [5.41, 5.74) is 0.00960. The van der Waals surface area contributed by atoms with Crippen LogP contribution in [0.15, 0.2) is 24.3 Å². The molecule has 0 radical (unpaired) electrons. The molecule has 3 N–H and O–H groups in total. The second-order valence-corrected chi connectivity index (χ2v) is 6.18. The van der Waals surface area contributed by atoms with Crippen LogP contribution in [0.4, 0.5) is 0 Å². The van der Waals surface area contributed by atoms with E-state index in [1.807, 2.05) is 0 Å². The molecule has 1 rings (SSSR count). The predicted molar refractivity (Wildman–Crippen MR) is 81.9 cm³/mol. The molecule has 0 aliphatic heterocycles. The molecular formula is C15H21ClN2O3. The van der Waals surface area contributed by atoms with Crippen molar-refractivity contribution >= 4 is 23.4 Å². The third-order valence-corrected chi connectivity index (χ3v) is 3.19. The van der Waals surface area contributed by atoms with Crippen LogP contribution >= 0.6 is 11.6 Å². The Balaban J connectivity index is 2.40. The van der Waals surface area contributed by atoms with Gasteiger partial charge < -0.3 is 15.7 Å². The van der Waals surface area contributed by atoms with Gasteiger partial charge in [0.25, 0.3) is 0 Å². The number of aliphatic hydroxyl groups is 1. The lowest BCUT2D eigenvalue weighted by atomic mass is 9.96. The molecular weight excluding hydrogens is 292 g/mol. The van der Waals surface area contributed by atoms with Crippen LogP contribution < -0.4 is 10.6 Å². The quantitative estimate of drug-likeness (QED) is 0.773. The number of carbonyl (C=O) groups excluding carboxylic acids is 2. The molecule has 1 aromatic rings. The number of aliphatic hydroxyl groups excluding tert-OH is 1. The first-order chi connectivity index (χ1) is 9.71. The van der Waals surface area contributed by atoms with E-state index in [0.717, 1.165) is 0 Å². The van der Waals surface area contributed by atoms with Crippen LogP contribution in [-0.2, 0) is 9.59 Å². The van der Waals surface area contributed by atoms with Crippen LogP contribution in [-0.4, -0.2) is 30.0 Å². The molecule has 21 heavy (non-hydrogen) atoms. The molecule has 1 unspecified atom stereocenters. The van der Waals surface area contributed by atoms with E-state index in [1.54, 1.807) is 45.0 Å². The predicted octanol–water partition coefficient (Wildman–Crippen LogP) is 1.65. The van der Waals surface area contributed by atoms with E-state index in [9.17, 15) is 14.7 Å². The van der Waals surface area contributed by atoms with Crippen molar-refractivity contribution in [3.63, 3.8) is 0 Å². The summed E-state index contributed by atoms with van der Waals surface area (Å²) in [5.74, 6) is -0.567. The van der Waals surface area contributed by atoms with Crippen LogP contribution in [0.2, 0.25) is 5.02 Å². The average Bonchev–Trinajstić information content (AvgIpc) is 2.41. The molecule has 0 aliphatic rings. The Morgan fingerprint density at radius 1 is 1.24 bits per heavy atom. The van der Waals surface area contributed by atoms with Crippen LogP contribution in [0.3, 0.4) is 0 Å². The molecule has 1 atom stereocenters. The van der Waals surface area contributed by atoms with E-state index in [1.165, 1.54) is 0 Å². The van der Waals surface area contributed by atoms with Gasteiger partial charge in [-0.25, -0.2) is 0 Å². The third-order valence-electron chi connectivity index (χ3n) is 2.85. The van der Waals surface area contributed by atoms with Gasteiger partial charge in [0.15, 0.2) is 0 Å². The van der Waals surface area contributed by atoms with Crippen LogP contribution in [0.1, 0.15) is 32.4 Å². The molecule has 5 nitrogen and oxygen atoms in total. The van der Waals surface area contributed by atoms with Gasteiger partial charge in [-0.15, -0.1) is 0 Å². The zero-order valence-electron chi connectivity index (χ0n) is 12.4.